The number of pyridine rings is 1. The van der Waals surface area contributed by atoms with E-state index in [4.69, 9.17) is 5.84 Å². The minimum absolute atomic E-state index is 0.0257. The SMILES string of the molecule is CCN(c1nc(NN)ccc1[N+](=O)[O-])C1CC1. The van der Waals surface area contributed by atoms with Gasteiger partial charge >= 0.3 is 5.69 Å². The Morgan fingerprint density at radius 1 is 1.65 bits per heavy atom. The van der Waals surface area contributed by atoms with E-state index in [0.29, 0.717) is 24.2 Å². The summed E-state index contributed by atoms with van der Waals surface area (Å²) in [7, 11) is 0. The van der Waals surface area contributed by atoms with Crippen molar-refractivity contribution >= 4 is 17.3 Å². The van der Waals surface area contributed by atoms with Crippen LogP contribution >= 0.6 is 0 Å². The molecule has 0 spiro atoms. The van der Waals surface area contributed by atoms with E-state index < -0.39 is 4.92 Å². The number of nitrogen functional groups attached to an aromatic ring is 1. The lowest BCUT2D eigenvalue weighted by atomic mass is 10.3. The van der Waals surface area contributed by atoms with E-state index in [9.17, 15) is 10.1 Å². The highest BCUT2D eigenvalue weighted by Crippen LogP contribution is 2.35. The minimum Gasteiger partial charge on any atom is -0.348 e. The first-order valence-corrected chi connectivity index (χ1v) is 5.56. The van der Waals surface area contributed by atoms with Crippen molar-refractivity contribution in [3.63, 3.8) is 0 Å². The zero-order chi connectivity index (χ0) is 12.4. The fourth-order valence-electron chi connectivity index (χ4n) is 1.84. The molecular weight excluding hydrogens is 222 g/mol. The summed E-state index contributed by atoms with van der Waals surface area (Å²) >= 11 is 0. The molecular formula is C10H15N5O2. The molecule has 0 radical (unpaired) electrons. The smallest absolute Gasteiger partial charge is 0.311 e. The first kappa shape index (κ1) is 11.6. The lowest BCUT2D eigenvalue weighted by molar-refractivity contribution is -0.384. The highest BCUT2D eigenvalue weighted by Gasteiger charge is 2.33. The zero-order valence-corrected chi connectivity index (χ0v) is 9.59. The molecule has 1 aliphatic carbocycles. The second kappa shape index (κ2) is 4.54. The molecule has 0 saturated heterocycles. The molecule has 1 fully saturated rings. The van der Waals surface area contributed by atoms with E-state index >= 15 is 0 Å². The minimum atomic E-state index is -0.409. The predicted octanol–water partition coefficient (Wildman–Crippen LogP) is 1.26. The topological polar surface area (TPSA) is 97.3 Å². The monoisotopic (exact) mass is 237 g/mol. The maximum absolute atomic E-state index is 11.0. The van der Waals surface area contributed by atoms with E-state index in [1.54, 1.807) is 0 Å². The van der Waals surface area contributed by atoms with Crippen molar-refractivity contribution in [2.75, 3.05) is 16.9 Å². The first-order chi connectivity index (χ1) is 8.17. The van der Waals surface area contributed by atoms with Crippen molar-refractivity contribution < 1.29 is 4.92 Å². The van der Waals surface area contributed by atoms with Crippen LogP contribution in [-0.2, 0) is 0 Å². The van der Waals surface area contributed by atoms with Crippen LogP contribution in [0.2, 0.25) is 0 Å². The van der Waals surface area contributed by atoms with Gasteiger partial charge in [-0.3, -0.25) is 10.1 Å². The third-order valence-electron chi connectivity index (χ3n) is 2.80. The number of aromatic nitrogens is 1. The summed E-state index contributed by atoms with van der Waals surface area (Å²) in [6.45, 7) is 2.67. The average molecular weight is 237 g/mol. The van der Waals surface area contributed by atoms with Gasteiger partial charge in [0.2, 0.25) is 5.82 Å². The number of nitrogens with zero attached hydrogens (tertiary/aromatic N) is 3. The number of hydrazine groups is 1. The van der Waals surface area contributed by atoms with Crippen LogP contribution in [-0.4, -0.2) is 22.5 Å². The van der Waals surface area contributed by atoms with Crippen LogP contribution in [0.4, 0.5) is 17.3 Å². The predicted molar refractivity (Wildman–Crippen MR) is 64.7 cm³/mol. The third-order valence-corrected chi connectivity index (χ3v) is 2.80. The molecule has 7 nitrogen and oxygen atoms in total. The molecule has 1 aromatic rings. The summed E-state index contributed by atoms with van der Waals surface area (Å²) in [6.07, 6.45) is 2.12. The van der Waals surface area contributed by atoms with Gasteiger partial charge in [-0.2, -0.15) is 0 Å². The van der Waals surface area contributed by atoms with Gasteiger partial charge in [0.25, 0.3) is 0 Å². The molecule has 0 aliphatic heterocycles. The number of hydrogen-bond acceptors (Lipinski definition) is 6. The molecule has 1 saturated carbocycles. The number of nitrogens with two attached hydrogens (primary N) is 1. The molecule has 0 unspecified atom stereocenters. The Bertz CT molecular complexity index is 433. The lowest BCUT2D eigenvalue weighted by Crippen LogP contribution is -2.27. The van der Waals surface area contributed by atoms with Crippen molar-refractivity contribution in [2.45, 2.75) is 25.8 Å². The molecule has 92 valence electrons. The van der Waals surface area contributed by atoms with E-state index in [1.165, 1.54) is 12.1 Å². The Labute approximate surface area is 98.7 Å². The van der Waals surface area contributed by atoms with E-state index in [2.05, 4.69) is 10.4 Å². The largest absolute Gasteiger partial charge is 0.348 e. The van der Waals surface area contributed by atoms with Gasteiger partial charge in [0.1, 0.15) is 5.82 Å². The molecule has 1 heterocycles. The molecule has 2 rings (SSSR count). The summed E-state index contributed by atoms with van der Waals surface area (Å²) in [5, 5.41) is 11.0. The second-order valence-corrected chi connectivity index (χ2v) is 3.96. The Hall–Kier alpha value is -1.89. The van der Waals surface area contributed by atoms with Gasteiger partial charge < -0.3 is 10.3 Å². The maximum Gasteiger partial charge on any atom is 0.311 e. The summed E-state index contributed by atoms with van der Waals surface area (Å²) in [5.41, 5.74) is 2.44. The molecule has 1 aliphatic rings. The molecule has 7 heteroatoms. The van der Waals surface area contributed by atoms with Crippen LogP contribution in [0.15, 0.2) is 12.1 Å². The van der Waals surface area contributed by atoms with Crippen LogP contribution in [0.5, 0.6) is 0 Å². The number of hydrogen-bond donors (Lipinski definition) is 2. The van der Waals surface area contributed by atoms with Crippen molar-refractivity contribution in [3.05, 3.63) is 22.2 Å². The number of anilines is 2. The van der Waals surface area contributed by atoms with Gasteiger partial charge in [0, 0.05) is 18.7 Å². The number of nitrogens with one attached hydrogen (secondary N) is 1. The van der Waals surface area contributed by atoms with E-state index in [0.717, 1.165) is 12.8 Å². The Balaban J connectivity index is 2.42. The van der Waals surface area contributed by atoms with Crippen LogP contribution in [0, 0.1) is 10.1 Å². The van der Waals surface area contributed by atoms with Crippen molar-refractivity contribution in [1.29, 1.82) is 0 Å². The quantitative estimate of drug-likeness (QED) is 0.454. The summed E-state index contributed by atoms with van der Waals surface area (Å²) in [5.74, 6) is 6.11. The average Bonchev–Trinajstić information content (AvgIpc) is 3.14. The van der Waals surface area contributed by atoms with E-state index in [-0.39, 0.29) is 5.69 Å². The standard InChI is InChI=1S/C10H15N5O2/c1-2-14(7-3-4-7)10-8(15(16)17)5-6-9(12-10)13-11/h5-7H,2-4,11H2,1H3,(H,12,13). The van der Waals surface area contributed by atoms with Gasteiger partial charge in [-0.15, -0.1) is 0 Å². The Morgan fingerprint density at radius 2 is 2.35 bits per heavy atom. The van der Waals surface area contributed by atoms with Crippen molar-refractivity contribution in [2.24, 2.45) is 5.84 Å². The summed E-state index contributed by atoms with van der Waals surface area (Å²) < 4.78 is 0. The fraction of sp³-hybridized carbons (Fsp3) is 0.500. The maximum atomic E-state index is 11.0. The Morgan fingerprint density at radius 3 is 2.82 bits per heavy atom. The van der Waals surface area contributed by atoms with Crippen LogP contribution < -0.4 is 16.2 Å². The summed E-state index contributed by atoms with van der Waals surface area (Å²) in [6, 6.07) is 3.31. The van der Waals surface area contributed by atoms with Gasteiger partial charge in [0.05, 0.1) is 4.92 Å². The summed E-state index contributed by atoms with van der Waals surface area (Å²) in [4.78, 5) is 16.7. The highest BCUT2D eigenvalue weighted by molar-refractivity contribution is 5.62. The van der Waals surface area contributed by atoms with Gasteiger partial charge in [-0.05, 0) is 25.8 Å². The van der Waals surface area contributed by atoms with Gasteiger partial charge in [-0.1, -0.05) is 0 Å². The molecule has 0 bridgehead atoms. The van der Waals surface area contributed by atoms with Crippen LogP contribution in [0.3, 0.4) is 0 Å². The molecule has 0 amide bonds. The molecule has 1 aromatic heterocycles. The highest BCUT2D eigenvalue weighted by atomic mass is 16.6. The zero-order valence-electron chi connectivity index (χ0n) is 9.59. The van der Waals surface area contributed by atoms with Gasteiger partial charge in [-0.25, -0.2) is 10.8 Å². The Kier molecular flexibility index (Phi) is 3.10. The van der Waals surface area contributed by atoms with Crippen molar-refractivity contribution in [1.82, 2.24) is 4.98 Å². The normalized spacial score (nSPS) is 14.5. The third kappa shape index (κ3) is 2.28. The lowest BCUT2D eigenvalue weighted by Gasteiger charge is -2.21. The molecule has 3 N–H and O–H groups in total. The van der Waals surface area contributed by atoms with E-state index in [1.807, 2.05) is 11.8 Å². The fourth-order valence-corrected chi connectivity index (χ4v) is 1.84. The molecule has 17 heavy (non-hydrogen) atoms. The second-order valence-electron chi connectivity index (χ2n) is 3.96. The van der Waals surface area contributed by atoms with Crippen molar-refractivity contribution in [3.8, 4) is 0 Å². The van der Waals surface area contributed by atoms with Crippen LogP contribution in [0.25, 0.3) is 0 Å². The molecule has 0 atom stereocenters. The number of rotatable bonds is 5. The van der Waals surface area contributed by atoms with Gasteiger partial charge in [0.15, 0.2) is 0 Å². The first-order valence-electron chi connectivity index (χ1n) is 5.56. The number of nitro groups is 1. The van der Waals surface area contributed by atoms with Crippen LogP contribution in [0.1, 0.15) is 19.8 Å². The molecule has 0 aromatic carbocycles.